The van der Waals surface area contributed by atoms with Gasteiger partial charge in [0.2, 0.25) is 5.91 Å². The average Bonchev–Trinajstić information content (AvgIpc) is 2.17. The number of hydrogen-bond donors (Lipinski definition) is 0. The highest BCUT2D eigenvalue weighted by atomic mass is 16.2. The van der Waals surface area contributed by atoms with Crippen LogP contribution in [0.1, 0.15) is 24.5 Å². The second-order valence-electron chi connectivity index (χ2n) is 4.10. The Kier molecular flexibility index (Phi) is 2.35. The summed E-state index contributed by atoms with van der Waals surface area (Å²) in [5.74, 6) is 0.152. The van der Waals surface area contributed by atoms with Crippen LogP contribution in [0.4, 0.5) is 5.69 Å². The van der Waals surface area contributed by atoms with Crippen LogP contribution in [-0.2, 0) is 11.2 Å². The van der Waals surface area contributed by atoms with Crippen LogP contribution in [0.15, 0.2) is 30.5 Å². The Morgan fingerprint density at radius 2 is 2.13 bits per heavy atom. The van der Waals surface area contributed by atoms with Crippen LogP contribution in [0.3, 0.4) is 0 Å². The fourth-order valence-electron chi connectivity index (χ4n) is 2.04. The SMILES string of the molecule is C=C(C)N1C(=O)CCc2cc(C)ccc21. The molecule has 0 N–H and O–H groups in total. The molecule has 1 aromatic carbocycles. The molecule has 1 aliphatic rings. The Morgan fingerprint density at radius 3 is 2.80 bits per heavy atom. The van der Waals surface area contributed by atoms with Crippen molar-refractivity contribution in [3.05, 3.63) is 41.6 Å². The van der Waals surface area contributed by atoms with Gasteiger partial charge in [0.1, 0.15) is 0 Å². The summed E-state index contributed by atoms with van der Waals surface area (Å²) in [5.41, 5.74) is 4.29. The number of rotatable bonds is 1. The first-order valence-electron chi connectivity index (χ1n) is 5.17. The Balaban J connectivity index is 2.53. The normalized spacial score (nSPS) is 15.1. The maximum absolute atomic E-state index is 11.7. The van der Waals surface area contributed by atoms with Gasteiger partial charge >= 0.3 is 0 Å². The van der Waals surface area contributed by atoms with Crippen molar-refractivity contribution in [3.63, 3.8) is 0 Å². The van der Waals surface area contributed by atoms with E-state index in [2.05, 4.69) is 19.6 Å². The number of carbonyl (C=O) groups excluding carboxylic acids is 1. The zero-order valence-electron chi connectivity index (χ0n) is 9.21. The summed E-state index contributed by atoms with van der Waals surface area (Å²) in [4.78, 5) is 13.5. The number of amides is 1. The van der Waals surface area contributed by atoms with E-state index in [1.165, 1.54) is 11.1 Å². The Hall–Kier alpha value is -1.57. The monoisotopic (exact) mass is 201 g/mol. The Bertz CT molecular complexity index is 434. The van der Waals surface area contributed by atoms with Crippen LogP contribution < -0.4 is 4.90 Å². The highest BCUT2D eigenvalue weighted by Gasteiger charge is 2.24. The highest BCUT2D eigenvalue weighted by Crippen LogP contribution is 2.30. The molecule has 0 bridgehead atoms. The van der Waals surface area contributed by atoms with E-state index in [0.717, 1.165) is 17.8 Å². The fourth-order valence-corrected chi connectivity index (χ4v) is 2.04. The molecule has 0 radical (unpaired) electrons. The summed E-state index contributed by atoms with van der Waals surface area (Å²) in [7, 11) is 0. The molecule has 0 saturated carbocycles. The number of anilines is 1. The predicted molar refractivity (Wildman–Crippen MR) is 61.8 cm³/mol. The van der Waals surface area contributed by atoms with E-state index in [1.807, 2.05) is 19.1 Å². The van der Waals surface area contributed by atoms with Crippen molar-refractivity contribution in [1.82, 2.24) is 0 Å². The van der Waals surface area contributed by atoms with E-state index in [1.54, 1.807) is 4.90 Å². The number of allylic oxidation sites excluding steroid dienone is 1. The third-order valence-corrected chi connectivity index (χ3v) is 2.72. The molecule has 0 fully saturated rings. The van der Waals surface area contributed by atoms with Crippen molar-refractivity contribution in [3.8, 4) is 0 Å². The molecule has 0 aliphatic carbocycles. The first-order valence-corrected chi connectivity index (χ1v) is 5.17. The van der Waals surface area contributed by atoms with Gasteiger partial charge in [0.05, 0.1) is 5.69 Å². The summed E-state index contributed by atoms with van der Waals surface area (Å²) < 4.78 is 0. The van der Waals surface area contributed by atoms with Gasteiger partial charge < -0.3 is 0 Å². The van der Waals surface area contributed by atoms with Gasteiger partial charge in [-0.25, -0.2) is 0 Å². The highest BCUT2D eigenvalue weighted by molar-refractivity contribution is 5.99. The van der Waals surface area contributed by atoms with Crippen molar-refractivity contribution in [2.45, 2.75) is 26.7 Å². The molecular formula is C13H15NO. The van der Waals surface area contributed by atoms with E-state index >= 15 is 0 Å². The van der Waals surface area contributed by atoms with E-state index < -0.39 is 0 Å². The van der Waals surface area contributed by atoms with Crippen LogP contribution >= 0.6 is 0 Å². The molecule has 1 heterocycles. The van der Waals surface area contributed by atoms with Crippen LogP contribution in [0, 0.1) is 6.92 Å². The lowest BCUT2D eigenvalue weighted by Gasteiger charge is -2.29. The lowest BCUT2D eigenvalue weighted by Crippen LogP contribution is -2.33. The van der Waals surface area contributed by atoms with Gasteiger partial charge in [-0.1, -0.05) is 24.3 Å². The fraction of sp³-hybridized carbons (Fsp3) is 0.308. The van der Waals surface area contributed by atoms with Crippen molar-refractivity contribution in [1.29, 1.82) is 0 Å². The number of hydrogen-bond acceptors (Lipinski definition) is 1. The maximum atomic E-state index is 11.7. The number of nitrogens with zero attached hydrogens (tertiary/aromatic N) is 1. The molecule has 2 nitrogen and oxygen atoms in total. The number of carbonyl (C=O) groups is 1. The topological polar surface area (TPSA) is 20.3 Å². The first-order chi connectivity index (χ1) is 7.09. The van der Waals surface area contributed by atoms with Gasteiger partial charge in [-0.3, -0.25) is 9.69 Å². The molecule has 0 atom stereocenters. The van der Waals surface area contributed by atoms with Gasteiger partial charge in [-0.15, -0.1) is 0 Å². The molecule has 0 spiro atoms. The predicted octanol–water partition coefficient (Wildman–Crippen LogP) is 2.81. The first kappa shape index (κ1) is 9.97. The van der Waals surface area contributed by atoms with E-state index in [-0.39, 0.29) is 5.91 Å². The van der Waals surface area contributed by atoms with Crippen molar-refractivity contribution in [2.75, 3.05) is 4.90 Å². The zero-order chi connectivity index (χ0) is 11.0. The van der Waals surface area contributed by atoms with Gasteiger partial charge in [0.25, 0.3) is 0 Å². The summed E-state index contributed by atoms with van der Waals surface area (Å²) in [6.07, 6.45) is 1.43. The van der Waals surface area contributed by atoms with Gasteiger partial charge in [-0.2, -0.15) is 0 Å². The molecule has 0 saturated heterocycles. The molecule has 0 unspecified atom stereocenters. The molecule has 1 aromatic rings. The third kappa shape index (κ3) is 1.67. The summed E-state index contributed by atoms with van der Waals surface area (Å²) in [6, 6.07) is 6.20. The minimum Gasteiger partial charge on any atom is -0.285 e. The minimum atomic E-state index is 0.152. The molecular weight excluding hydrogens is 186 g/mol. The molecule has 2 rings (SSSR count). The second-order valence-corrected chi connectivity index (χ2v) is 4.10. The maximum Gasteiger partial charge on any atom is 0.231 e. The number of benzene rings is 1. The summed E-state index contributed by atoms with van der Waals surface area (Å²) in [5, 5.41) is 0. The molecule has 1 amide bonds. The molecule has 1 aliphatic heterocycles. The van der Waals surface area contributed by atoms with Crippen LogP contribution in [-0.4, -0.2) is 5.91 Å². The van der Waals surface area contributed by atoms with Gasteiger partial charge in [-0.05, 0) is 31.9 Å². The summed E-state index contributed by atoms with van der Waals surface area (Å²) >= 11 is 0. The Morgan fingerprint density at radius 1 is 1.40 bits per heavy atom. The zero-order valence-corrected chi connectivity index (χ0v) is 9.21. The van der Waals surface area contributed by atoms with Crippen LogP contribution in [0.2, 0.25) is 0 Å². The van der Waals surface area contributed by atoms with E-state index in [0.29, 0.717) is 6.42 Å². The number of fused-ring (bicyclic) bond motifs is 1. The van der Waals surface area contributed by atoms with E-state index in [4.69, 9.17) is 0 Å². The lowest BCUT2D eigenvalue weighted by atomic mass is 9.99. The van der Waals surface area contributed by atoms with Crippen molar-refractivity contribution >= 4 is 11.6 Å². The second kappa shape index (κ2) is 3.54. The minimum absolute atomic E-state index is 0.152. The van der Waals surface area contributed by atoms with Crippen LogP contribution in [0.25, 0.3) is 0 Å². The summed E-state index contributed by atoms with van der Waals surface area (Å²) in [6.45, 7) is 7.79. The number of aryl methyl sites for hydroxylation is 2. The van der Waals surface area contributed by atoms with Gasteiger partial charge in [0.15, 0.2) is 0 Å². The molecule has 0 aromatic heterocycles. The average molecular weight is 201 g/mol. The van der Waals surface area contributed by atoms with Crippen molar-refractivity contribution in [2.24, 2.45) is 0 Å². The molecule has 2 heteroatoms. The quantitative estimate of drug-likeness (QED) is 0.684. The third-order valence-electron chi connectivity index (χ3n) is 2.72. The standard InChI is InChI=1S/C13H15NO/c1-9(2)14-12-6-4-10(3)8-11(12)5-7-13(14)15/h4,6,8H,1,5,7H2,2-3H3. The van der Waals surface area contributed by atoms with E-state index in [9.17, 15) is 4.79 Å². The molecule has 15 heavy (non-hydrogen) atoms. The smallest absolute Gasteiger partial charge is 0.231 e. The van der Waals surface area contributed by atoms with Gasteiger partial charge in [0, 0.05) is 12.1 Å². The molecule has 78 valence electrons. The van der Waals surface area contributed by atoms with Crippen LogP contribution in [0.5, 0.6) is 0 Å². The largest absolute Gasteiger partial charge is 0.285 e. The lowest BCUT2D eigenvalue weighted by molar-refractivity contribution is -0.118. The van der Waals surface area contributed by atoms with Crippen molar-refractivity contribution < 1.29 is 4.79 Å². The Labute approximate surface area is 90.2 Å².